The maximum atomic E-state index is 5.62. The highest BCUT2D eigenvalue weighted by atomic mass is 15.4. The van der Waals surface area contributed by atoms with Gasteiger partial charge in [0.15, 0.2) is 0 Å². The molecule has 0 aliphatic carbocycles. The first-order valence-corrected chi connectivity index (χ1v) is 6.07. The van der Waals surface area contributed by atoms with E-state index in [0.29, 0.717) is 0 Å². The number of nitrogens with one attached hydrogen (secondary N) is 1. The molecule has 1 heterocycles. The second-order valence-electron chi connectivity index (χ2n) is 4.47. The van der Waals surface area contributed by atoms with Crippen molar-refractivity contribution in [1.29, 1.82) is 0 Å². The van der Waals surface area contributed by atoms with E-state index in [1.54, 1.807) is 10.9 Å². The van der Waals surface area contributed by atoms with Crippen molar-refractivity contribution in [3.63, 3.8) is 0 Å². The zero-order valence-electron chi connectivity index (χ0n) is 10.8. The molecule has 2 aromatic rings. The summed E-state index contributed by atoms with van der Waals surface area (Å²) in [5, 5.41) is 7.81. The Morgan fingerprint density at radius 1 is 1.39 bits per heavy atom. The Hall–Kier alpha value is -1.72. The van der Waals surface area contributed by atoms with Crippen LogP contribution in [0.4, 0.5) is 0 Å². The zero-order chi connectivity index (χ0) is 13.0. The standard InChI is InChI=1S/C13H19N5/c1-10-5-3-4-6-11(10)7-8-12(16-14)13-9-15-17-18(13)2/h3-6,9,12,16H,7-8,14H2,1-2H3. The molecule has 1 aromatic carbocycles. The van der Waals surface area contributed by atoms with Gasteiger partial charge in [0.1, 0.15) is 0 Å². The molecule has 0 fully saturated rings. The molecule has 1 atom stereocenters. The fourth-order valence-electron chi connectivity index (χ4n) is 2.12. The molecular weight excluding hydrogens is 226 g/mol. The summed E-state index contributed by atoms with van der Waals surface area (Å²) in [6.07, 6.45) is 3.65. The molecule has 3 N–H and O–H groups in total. The molecule has 5 heteroatoms. The largest absolute Gasteiger partial charge is 0.271 e. The third-order valence-corrected chi connectivity index (χ3v) is 3.27. The van der Waals surface area contributed by atoms with Gasteiger partial charge in [-0.25, -0.2) is 0 Å². The van der Waals surface area contributed by atoms with E-state index in [1.165, 1.54) is 11.1 Å². The molecule has 0 spiro atoms. The van der Waals surface area contributed by atoms with Gasteiger partial charge in [0, 0.05) is 7.05 Å². The highest BCUT2D eigenvalue weighted by Gasteiger charge is 2.14. The topological polar surface area (TPSA) is 68.8 Å². The van der Waals surface area contributed by atoms with Crippen LogP contribution in [0.15, 0.2) is 30.5 Å². The summed E-state index contributed by atoms with van der Waals surface area (Å²) in [4.78, 5) is 0. The lowest BCUT2D eigenvalue weighted by molar-refractivity contribution is 0.479. The predicted octanol–water partition coefficient (Wildman–Crippen LogP) is 1.26. The minimum atomic E-state index is 0.0737. The SMILES string of the molecule is Cc1ccccc1CCC(NN)c1cnnn1C. The van der Waals surface area contributed by atoms with Crippen molar-refractivity contribution >= 4 is 0 Å². The van der Waals surface area contributed by atoms with Crippen molar-refractivity contribution < 1.29 is 0 Å². The molecule has 0 aliphatic heterocycles. The summed E-state index contributed by atoms with van der Waals surface area (Å²) in [5.41, 5.74) is 6.51. The van der Waals surface area contributed by atoms with Gasteiger partial charge in [0.25, 0.3) is 0 Å². The molecule has 0 radical (unpaired) electrons. The lowest BCUT2D eigenvalue weighted by Crippen LogP contribution is -2.30. The van der Waals surface area contributed by atoms with Crippen LogP contribution < -0.4 is 11.3 Å². The lowest BCUT2D eigenvalue weighted by atomic mass is 10.00. The minimum Gasteiger partial charge on any atom is -0.271 e. The van der Waals surface area contributed by atoms with E-state index >= 15 is 0 Å². The second kappa shape index (κ2) is 5.75. The summed E-state index contributed by atoms with van der Waals surface area (Å²) < 4.78 is 1.75. The molecule has 1 aromatic heterocycles. The Labute approximate surface area is 107 Å². The summed E-state index contributed by atoms with van der Waals surface area (Å²) in [6, 6.07) is 8.49. The van der Waals surface area contributed by atoms with Gasteiger partial charge in [0.05, 0.1) is 17.9 Å². The predicted molar refractivity (Wildman–Crippen MR) is 70.6 cm³/mol. The molecule has 0 saturated heterocycles. The van der Waals surface area contributed by atoms with E-state index in [4.69, 9.17) is 5.84 Å². The van der Waals surface area contributed by atoms with Crippen molar-refractivity contribution in [3.8, 4) is 0 Å². The molecule has 0 aliphatic rings. The number of hydrogen-bond donors (Lipinski definition) is 2. The van der Waals surface area contributed by atoms with Gasteiger partial charge >= 0.3 is 0 Å². The first-order chi connectivity index (χ1) is 8.72. The van der Waals surface area contributed by atoms with Crippen LogP contribution in [0.3, 0.4) is 0 Å². The van der Waals surface area contributed by atoms with Crippen LogP contribution in [0.25, 0.3) is 0 Å². The van der Waals surface area contributed by atoms with E-state index in [9.17, 15) is 0 Å². The van der Waals surface area contributed by atoms with Gasteiger partial charge < -0.3 is 0 Å². The summed E-state index contributed by atoms with van der Waals surface area (Å²) in [5.74, 6) is 5.62. The number of hydrogen-bond acceptors (Lipinski definition) is 4. The average molecular weight is 245 g/mol. The van der Waals surface area contributed by atoms with Gasteiger partial charge in [-0.2, -0.15) is 0 Å². The van der Waals surface area contributed by atoms with Crippen LogP contribution in [0.2, 0.25) is 0 Å². The third-order valence-electron chi connectivity index (χ3n) is 3.27. The average Bonchev–Trinajstić information content (AvgIpc) is 2.79. The van der Waals surface area contributed by atoms with E-state index in [1.807, 2.05) is 7.05 Å². The quantitative estimate of drug-likeness (QED) is 0.614. The van der Waals surface area contributed by atoms with Crippen molar-refractivity contribution in [2.75, 3.05) is 0 Å². The Kier molecular flexibility index (Phi) is 4.07. The molecule has 0 amide bonds. The molecule has 2 rings (SSSR count). The molecule has 18 heavy (non-hydrogen) atoms. The Balaban J connectivity index is 2.05. The van der Waals surface area contributed by atoms with Gasteiger partial charge in [-0.3, -0.25) is 16.0 Å². The van der Waals surface area contributed by atoms with Crippen molar-refractivity contribution in [1.82, 2.24) is 20.4 Å². The third kappa shape index (κ3) is 2.75. The fourth-order valence-corrected chi connectivity index (χ4v) is 2.12. The Morgan fingerprint density at radius 2 is 2.17 bits per heavy atom. The van der Waals surface area contributed by atoms with Crippen LogP contribution in [0.1, 0.15) is 29.3 Å². The van der Waals surface area contributed by atoms with E-state index < -0.39 is 0 Å². The van der Waals surface area contributed by atoms with Gasteiger partial charge in [-0.05, 0) is 30.9 Å². The number of aryl methyl sites for hydroxylation is 3. The van der Waals surface area contributed by atoms with Gasteiger partial charge in [-0.1, -0.05) is 29.5 Å². The van der Waals surface area contributed by atoms with Crippen LogP contribution in [0, 0.1) is 6.92 Å². The maximum Gasteiger partial charge on any atom is 0.0766 e. The van der Waals surface area contributed by atoms with Gasteiger partial charge in [-0.15, -0.1) is 5.10 Å². The number of nitrogens with two attached hydrogens (primary N) is 1. The van der Waals surface area contributed by atoms with Gasteiger partial charge in [0.2, 0.25) is 0 Å². The Morgan fingerprint density at radius 3 is 2.78 bits per heavy atom. The molecule has 0 bridgehead atoms. The van der Waals surface area contributed by atoms with Crippen LogP contribution in [-0.4, -0.2) is 15.0 Å². The van der Waals surface area contributed by atoms with Crippen LogP contribution in [-0.2, 0) is 13.5 Å². The van der Waals surface area contributed by atoms with Crippen LogP contribution in [0.5, 0.6) is 0 Å². The number of rotatable bonds is 5. The lowest BCUT2D eigenvalue weighted by Gasteiger charge is -2.16. The summed E-state index contributed by atoms with van der Waals surface area (Å²) in [6.45, 7) is 2.13. The summed E-state index contributed by atoms with van der Waals surface area (Å²) in [7, 11) is 1.88. The molecule has 1 unspecified atom stereocenters. The number of hydrazine groups is 1. The van der Waals surface area contributed by atoms with E-state index in [2.05, 4.69) is 46.9 Å². The number of benzene rings is 1. The first-order valence-electron chi connectivity index (χ1n) is 6.07. The molecular formula is C13H19N5. The summed E-state index contributed by atoms with van der Waals surface area (Å²) >= 11 is 0. The van der Waals surface area contributed by atoms with E-state index in [0.717, 1.165) is 18.5 Å². The Bertz CT molecular complexity index is 506. The minimum absolute atomic E-state index is 0.0737. The van der Waals surface area contributed by atoms with Crippen molar-refractivity contribution in [2.24, 2.45) is 12.9 Å². The second-order valence-corrected chi connectivity index (χ2v) is 4.47. The normalized spacial score (nSPS) is 12.6. The smallest absolute Gasteiger partial charge is 0.0766 e. The highest BCUT2D eigenvalue weighted by molar-refractivity contribution is 5.25. The van der Waals surface area contributed by atoms with Crippen LogP contribution >= 0.6 is 0 Å². The number of aromatic nitrogens is 3. The zero-order valence-corrected chi connectivity index (χ0v) is 10.8. The van der Waals surface area contributed by atoms with Crippen molar-refractivity contribution in [2.45, 2.75) is 25.8 Å². The monoisotopic (exact) mass is 245 g/mol. The first kappa shape index (κ1) is 12.7. The number of nitrogens with zero attached hydrogens (tertiary/aromatic N) is 3. The highest BCUT2D eigenvalue weighted by Crippen LogP contribution is 2.18. The van der Waals surface area contributed by atoms with E-state index in [-0.39, 0.29) is 6.04 Å². The maximum absolute atomic E-state index is 5.62. The molecule has 0 saturated carbocycles. The fraction of sp³-hybridized carbons (Fsp3) is 0.385. The molecule has 96 valence electrons. The van der Waals surface area contributed by atoms with Crippen molar-refractivity contribution in [3.05, 3.63) is 47.3 Å². The molecule has 5 nitrogen and oxygen atoms in total.